The molecule has 7 heteroatoms. The summed E-state index contributed by atoms with van der Waals surface area (Å²) in [4.78, 5) is 13.7. The second-order valence-corrected chi connectivity index (χ2v) is 5.23. The zero-order valence-corrected chi connectivity index (χ0v) is 11.3. The molecule has 2 heterocycles. The van der Waals surface area contributed by atoms with Crippen molar-refractivity contribution in [3.8, 4) is 11.5 Å². The molecule has 2 aliphatic rings. The molecule has 6 nitrogen and oxygen atoms in total. The Labute approximate surface area is 120 Å². The summed E-state index contributed by atoms with van der Waals surface area (Å²) in [5, 5.41) is 19.3. The van der Waals surface area contributed by atoms with Crippen molar-refractivity contribution < 1.29 is 24.5 Å². The molecular formula is C13H14ClNO5. The van der Waals surface area contributed by atoms with E-state index >= 15 is 0 Å². The van der Waals surface area contributed by atoms with Crippen LogP contribution in [0.25, 0.3) is 0 Å². The van der Waals surface area contributed by atoms with E-state index < -0.39 is 12.2 Å². The third-order valence-electron chi connectivity index (χ3n) is 3.39. The lowest BCUT2D eigenvalue weighted by Crippen LogP contribution is -2.30. The summed E-state index contributed by atoms with van der Waals surface area (Å²) in [6.07, 6.45) is -1.82. The zero-order chi connectivity index (χ0) is 14.3. The molecule has 2 aliphatic heterocycles. The zero-order valence-electron chi connectivity index (χ0n) is 10.6. The van der Waals surface area contributed by atoms with Crippen molar-refractivity contribution in [2.45, 2.75) is 12.2 Å². The first kappa shape index (κ1) is 13.5. The number of benzene rings is 1. The maximum absolute atomic E-state index is 12.3. The number of β-amino-alcohol motifs (C(OH)–C–C–N with tert-alkyl or cyclic N) is 2. The van der Waals surface area contributed by atoms with Gasteiger partial charge in [0, 0.05) is 18.7 Å². The van der Waals surface area contributed by atoms with Crippen LogP contribution in [0.15, 0.2) is 12.1 Å². The molecule has 0 aliphatic carbocycles. The van der Waals surface area contributed by atoms with Gasteiger partial charge in [0.05, 0.1) is 17.2 Å². The number of carbonyl (C=O) groups excluding carboxylic acids is 1. The molecule has 1 aromatic rings. The molecule has 1 saturated heterocycles. The van der Waals surface area contributed by atoms with E-state index in [0.717, 1.165) is 0 Å². The van der Waals surface area contributed by atoms with Gasteiger partial charge in [-0.2, -0.15) is 0 Å². The minimum Gasteiger partial charge on any atom is -0.486 e. The van der Waals surface area contributed by atoms with Crippen molar-refractivity contribution in [3.05, 3.63) is 22.7 Å². The van der Waals surface area contributed by atoms with Crippen molar-refractivity contribution in [2.75, 3.05) is 26.3 Å². The van der Waals surface area contributed by atoms with E-state index in [1.54, 1.807) is 6.07 Å². The smallest absolute Gasteiger partial charge is 0.254 e. The van der Waals surface area contributed by atoms with Crippen LogP contribution in [0.3, 0.4) is 0 Å². The number of nitrogens with zero attached hydrogens (tertiary/aromatic N) is 1. The maximum atomic E-state index is 12.3. The number of rotatable bonds is 1. The maximum Gasteiger partial charge on any atom is 0.254 e. The van der Waals surface area contributed by atoms with Gasteiger partial charge in [-0.1, -0.05) is 11.6 Å². The molecule has 0 spiro atoms. The van der Waals surface area contributed by atoms with E-state index in [0.29, 0.717) is 35.3 Å². The Bertz CT molecular complexity index is 540. The molecule has 0 bridgehead atoms. The van der Waals surface area contributed by atoms with Crippen molar-refractivity contribution >= 4 is 17.5 Å². The monoisotopic (exact) mass is 299 g/mol. The Kier molecular flexibility index (Phi) is 3.45. The van der Waals surface area contributed by atoms with Crippen molar-refractivity contribution in [1.82, 2.24) is 4.90 Å². The summed E-state index contributed by atoms with van der Waals surface area (Å²) in [5.41, 5.74) is 0.348. The van der Waals surface area contributed by atoms with Crippen LogP contribution in [0.1, 0.15) is 10.4 Å². The number of carbonyl (C=O) groups is 1. The first-order valence-corrected chi connectivity index (χ1v) is 6.68. The van der Waals surface area contributed by atoms with Gasteiger partial charge in [-0.05, 0) is 12.1 Å². The van der Waals surface area contributed by atoms with Crippen molar-refractivity contribution in [2.24, 2.45) is 0 Å². The first-order chi connectivity index (χ1) is 9.56. The van der Waals surface area contributed by atoms with Crippen LogP contribution in [-0.4, -0.2) is 59.5 Å². The molecule has 2 N–H and O–H groups in total. The number of halogens is 1. The third kappa shape index (κ3) is 2.30. The molecule has 108 valence electrons. The van der Waals surface area contributed by atoms with Gasteiger partial charge in [0.25, 0.3) is 5.91 Å². The van der Waals surface area contributed by atoms with E-state index in [1.165, 1.54) is 11.0 Å². The number of ether oxygens (including phenoxy) is 2. The van der Waals surface area contributed by atoms with Crippen LogP contribution in [0.5, 0.6) is 11.5 Å². The highest BCUT2D eigenvalue weighted by Crippen LogP contribution is 2.38. The Morgan fingerprint density at radius 2 is 1.85 bits per heavy atom. The molecule has 1 aromatic carbocycles. The molecule has 0 aromatic heterocycles. The lowest BCUT2D eigenvalue weighted by molar-refractivity contribution is 0.0572. The van der Waals surface area contributed by atoms with E-state index in [-0.39, 0.29) is 19.0 Å². The highest BCUT2D eigenvalue weighted by atomic mass is 35.5. The molecule has 2 atom stereocenters. The topological polar surface area (TPSA) is 79.2 Å². The predicted molar refractivity (Wildman–Crippen MR) is 70.4 cm³/mol. The number of aliphatic hydroxyl groups is 2. The van der Waals surface area contributed by atoms with E-state index in [1.807, 2.05) is 0 Å². The number of aliphatic hydroxyl groups excluding tert-OH is 2. The summed E-state index contributed by atoms with van der Waals surface area (Å²) in [6.45, 7) is 1.03. The highest BCUT2D eigenvalue weighted by molar-refractivity contribution is 6.32. The summed E-state index contributed by atoms with van der Waals surface area (Å²) in [7, 11) is 0. The molecule has 0 radical (unpaired) electrons. The predicted octanol–water partition coefficient (Wildman–Crippen LogP) is 0.289. The van der Waals surface area contributed by atoms with Gasteiger partial charge >= 0.3 is 0 Å². The molecule has 20 heavy (non-hydrogen) atoms. The summed E-state index contributed by atoms with van der Waals surface area (Å²) < 4.78 is 10.8. The number of amides is 1. The van der Waals surface area contributed by atoms with Crippen LogP contribution in [0.4, 0.5) is 0 Å². The van der Waals surface area contributed by atoms with Gasteiger partial charge < -0.3 is 24.6 Å². The van der Waals surface area contributed by atoms with E-state index in [2.05, 4.69) is 0 Å². The fourth-order valence-corrected chi connectivity index (χ4v) is 2.62. The van der Waals surface area contributed by atoms with Crippen LogP contribution in [-0.2, 0) is 0 Å². The second-order valence-electron chi connectivity index (χ2n) is 4.83. The second kappa shape index (κ2) is 5.12. The number of hydrogen-bond acceptors (Lipinski definition) is 5. The quantitative estimate of drug-likeness (QED) is 0.779. The summed E-state index contributed by atoms with van der Waals surface area (Å²) in [6, 6.07) is 3.08. The summed E-state index contributed by atoms with van der Waals surface area (Å²) in [5.74, 6) is 0.572. The van der Waals surface area contributed by atoms with Crippen LogP contribution in [0.2, 0.25) is 5.02 Å². The normalized spacial score (nSPS) is 24.9. The van der Waals surface area contributed by atoms with Crippen LogP contribution in [0, 0.1) is 0 Å². The Balaban J connectivity index is 1.87. The van der Waals surface area contributed by atoms with E-state index in [9.17, 15) is 15.0 Å². The van der Waals surface area contributed by atoms with Gasteiger partial charge in [0.2, 0.25) is 0 Å². The number of fused-ring (bicyclic) bond motifs is 1. The highest BCUT2D eigenvalue weighted by Gasteiger charge is 2.33. The molecule has 1 amide bonds. The van der Waals surface area contributed by atoms with Crippen LogP contribution >= 0.6 is 11.6 Å². The largest absolute Gasteiger partial charge is 0.486 e. The van der Waals surface area contributed by atoms with Gasteiger partial charge in [-0.3, -0.25) is 4.79 Å². The van der Waals surface area contributed by atoms with Crippen molar-refractivity contribution in [3.63, 3.8) is 0 Å². The minimum absolute atomic E-state index is 0.103. The minimum atomic E-state index is -0.911. The molecule has 1 fully saturated rings. The molecule has 0 saturated carbocycles. The van der Waals surface area contributed by atoms with Crippen molar-refractivity contribution in [1.29, 1.82) is 0 Å². The Hall–Kier alpha value is -1.50. The third-order valence-corrected chi connectivity index (χ3v) is 3.67. The van der Waals surface area contributed by atoms with Gasteiger partial charge in [-0.25, -0.2) is 0 Å². The fraction of sp³-hybridized carbons (Fsp3) is 0.462. The molecular weight excluding hydrogens is 286 g/mol. The lowest BCUT2D eigenvalue weighted by atomic mass is 10.1. The lowest BCUT2D eigenvalue weighted by Gasteiger charge is -2.21. The van der Waals surface area contributed by atoms with Gasteiger partial charge in [0.15, 0.2) is 11.5 Å². The molecule has 0 unspecified atom stereocenters. The SMILES string of the molecule is O=C(c1cc(Cl)c2c(c1)OCCO2)N1C[C@@H](O)[C@@H](O)C1. The first-order valence-electron chi connectivity index (χ1n) is 6.31. The standard InChI is InChI=1S/C13H14ClNO5/c14-8-3-7(4-11-12(8)20-2-1-19-11)13(18)15-5-9(16)10(17)6-15/h3-4,9-10,16-17H,1-2,5-6H2/t9-,10+. The summed E-state index contributed by atoms with van der Waals surface area (Å²) >= 11 is 6.08. The fourth-order valence-electron chi connectivity index (χ4n) is 2.35. The van der Waals surface area contributed by atoms with Gasteiger partial charge in [0.1, 0.15) is 13.2 Å². The number of hydrogen-bond donors (Lipinski definition) is 2. The molecule has 3 rings (SSSR count). The number of likely N-dealkylation sites (tertiary alicyclic amines) is 1. The van der Waals surface area contributed by atoms with E-state index in [4.69, 9.17) is 21.1 Å². The Morgan fingerprint density at radius 1 is 1.20 bits per heavy atom. The van der Waals surface area contributed by atoms with Gasteiger partial charge in [-0.15, -0.1) is 0 Å². The Morgan fingerprint density at radius 3 is 2.55 bits per heavy atom. The average molecular weight is 300 g/mol. The average Bonchev–Trinajstić information content (AvgIpc) is 2.78. The van der Waals surface area contributed by atoms with Crippen LogP contribution < -0.4 is 9.47 Å².